The van der Waals surface area contributed by atoms with Crippen LogP contribution in [0.5, 0.6) is 0 Å². The van der Waals surface area contributed by atoms with Crippen molar-refractivity contribution >= 4 is 7.32 Å². The first-order valence-electron chi connectivity index (χ1n) is 17.3. The van der Waals surface area contributed by atoms with Crippen molar-refractivity contribution in [2.45, 2.75) is 154 Å². The number of quaternary nitrogens is 1. The molecule has 0 bridgehead atoms. The average Bonchev–Trinajstić information content (AvgIpc) is 2.80. The maximum absolute atomic E-state index is 7.05. The molecule has 0 aromatic carbocycles. The fourth-order valence-corrected chi connectivity index (χ4v) is 5.43. The van der Waals surface area contributed by atoms with E-state index < -0.39 is 7.32 Å². The monoisotopic (exact) mass is 569 g/mol. The molecule has 2 atom stereocenters. The van der Waals surface area contributed by atoms with Crippen LogP contribution in [0, 0.1) is 41.4 Å². The van der Waals surface area contributed by atoms with Crippen LogP contribution >= 0.6 is 0 Å². The van der Waals surface area contributed by atoms with E-state index in [1.54, 1.807) is 0 Å². The molecule has 240 valence electrons. The van der Waals surface area contributed by atoms with Crippen LogP contribution in [0.4, 0.5) is 0 Å². The zero-order valence-corrected chi connectivity index (χ0v) is 29.9. The molecule has 0 fully saturated rings. The fraction of sp³-hybridized carbons (Fsp3) is 1.00. The Morgan fingerprint density at radius 2 is 0.800 bits per heavy atom. The van der Waals surface area contributed by atoms with Gasteiger partial charge in [-0.25, -0.2) is 0 Å². The molecule has 0 rings (SSSR count). The molecule has 0 aromatic heterocycles. The highest BCUT2D eigenvalue weighted by Gasteiger charge is 2.44. The van der Waals surface area contributed by atoms with Gasteiger partial charge in [0.2, 0.25) is 0 Å². The van der Waals surface area contributed by atoms with Gasteiger partial charge in [-0.2, -0.15) is 0 Å². The van der Waals surface area contributed by atoms with Gasteiger partial charge in [0.15, 0.2) is 0 Å². The Balaban J connectivity index is 6.57. The molecule has 0 saturated carbocycles. The van der Waals surface area contributed by atoms with Crippen molar-refractivity contribution in [1.82, 2.24) is 0 Å². The Morgan fingerprint density at radius 3 is 1.10 bits per heavy atom. The molecule has 0 heterocycles. The molecule has 0 radical (unpaired) electrons. The third kappa shape index (κ3) is 19.2. The van der Waals surface area contributed by atoms with E-state index in [0.29, 0.717) is 60.7 Å². The lowest BCUT2D eigenvalue weighted by Crippen LogP contribution is -2.63. The van der Waals surface area contributed by atoms with Crippen LogP contribution in [0.1, 0.15) is 142 Å². The minimum atomic E-state index is -0.585. The van der Waals surface area contributed by atoms with Gasteiger partial charge in [-0.05, 0) is 80.0 Å². The second kappa shape index (κ2) is 21.6. The smallest absolute Gasteiger partial charge is 0.386 e. The molecule has 0 amide bonds. The molecule has 4 nitrogen and oxygen atoms in total. The van der Waals surface area contributed by atoms with Gasteiger partial charge in [-0.15, -0.1) is 0 Å². The summed E-state index contributed by atoms with van der Waals surface area (Å²) in [4.78, 5) is 0. The predicted molar refractivity (Wildman–Crippen MR) is 177 cm³/mol. The van der Waals surface area contributed by atoms with Gasteiger partial charge >= 0.3 is 7.32 Å². The van der Waals surface area contributed by atoms with Gasteiger partial charge in [-0.3, -0.25) is 0 Å². The molecule has 40 heavy (non-hydrogen) atoms. The summed E-state index contributed by atoms with van der Waals surface area (Å²) >= 11 is 0. The van der Waals surface area contributed by atoms with Gasteiger partial charge < -0.3 is 18.4 Å². The highest BCUT2D eigenvalue weighted by atomic mass is 16.7. The molecule has 0 aromatic rings. The van der Waals surface area contributed by atoms with Crippen LogP contribution in [-0.2, 0) is 14.0 Å². The molecule has 0 aliphatic carbocycles. The van der Waals surface area contributed by atoms with E-state index in [4.69, 9.17) is 14.0 Å². The highest BCUT2D eigenvalue weighted by Crippen LogP contribution is 2.33. The highest BCUT2D eigenvalue weighted by molar-refractivity contribution is 6.36. The van der Waals surface area contributed by atoms with Crippen LogP contribution < -0.4 is 0 Å². The quantitative estimate of drug-likeness (QED) is 0.0810. The lowest BCUT2D eigenvalue weighted by molar-refractivity contribution is -0.956. The van der Waals surface area contributed by atoms with E-state index in [1.165, 1.54) is 49.8 Å². The lowest BCUT2D eigenvalue weighted by atomic mass is 9.87. The Labute approximate surface area is 253 Å². The van der Waals surface area contributed by atoms with Crippen LogP contribution in [0.15, 0.2) is 0 Å². The van der Waals surface area contributed by atoms with Crippen LogP contribution in [0.2, 0.25) is 0 Å². The largest absolute Gasteiger partial charge is 0.639 e. The minimum absolute atomic E-state index is 0.108. The van der Waals surface area contributed by atoms with Gasteiger partial charge in [0.1, 0.15) is 6.04 Å². The third-order valence-electron chi connectivity index (χ3n) is 8.19. The Bertz CT molecular complexity index is 546. The molecular formula is C35H75BNO3+. The molecule has 0 N–H and O–H groups in total. The lowest BCUT2D eigenvalue weighted by Gasteiger charge is -2.50. The van der Waals surface area contributed by atoms with Crippen LogP contribution in [0.3, 0.4) is 0 Å². The molecule has 0 aliphatic heterocycles. The molecule has 5 heteroatoms. The van der Waals surface area contributed by atoms with Gasteiger partial charge in [0, 0.05) is 19.6 Å². The van der Waals surface area contributed by atoms with Crippen LogP contribution in [-0.4, -0.2) is 56.8 Å². The van der Waals surface area contributed by atoms with E-state index in [1.807, 2.05) is 0 Å². The first-order chi connectivity index (χ1) is 18.6. The number of nitrogens with zero attached hydrogens (tertiary/aromatic N) is 1. The van der Waals surface area contributed by atoms with Crippen molar-refractivity contribution in [3.05, 3.63) is 0 Å². The normalized spacial score (nSPS) is 14.6. The maximum Gasteiger partial charge on any atom is 0.639 e. The summed E-state index contributed by atoms with van der Waals surface area (Å²) in [5.41, 5.74) is 0. The summed E-state index contributed by atoms with van der Waals surface area (Å²) in [5.74, 6) is 4.46. The first kappa shape index (κ1) is 39.9. The summed E-state index contributed by atoms with van der Waals surface area (Å²) in [6.07, 6.45) is 8.16. The van der Waals surface area contributed by atoms with Gasteiger partial charge in [0.05, 0.1) is 25.7 Å². The molecule has 0 spiro atoms. The fourth-order valence-electron chi connectivity index (χ4n) is 5.43. The summed E-state index contributed by atoms with van der Waals surface area (Å²) in [6, 6.07) is 0.434. The third-order valence-corrected chi connectivity index (χ3v) is 8.19. The van der Waals surface area contributed by atoms with Gasteiger partial charge in [-0.1, -0.05) is 96.9 Å². The zero-order chi connectivity index (χ0) is 30.9. The summed E-state index contributed by atoms with van der Waals surface area (Å²) in [7, 11) is -0.585. The Morgan fingerprint density at radius 1 is 0.450 bits per heavy atom. The second-order valence-corrected chi connectivity index (χ2v) is 15.8. The number of hydrogen-bond donors (Lipinski definition) is 0. The number of rotatable bonds is 25. The predicted octanol–water partition coefficient (Wildman–Crippen LogP) is 9.90. The molecule has 0 aliphatic rings. The van der Waals surface area contributed by atoms with E-state index in [-0.39, 0.29) is 6.10 Å². The number of hydrogen-bond acceptors (Lipinski definition) is 3. The molecule has 0 saturated heterocycles. The Kier molecular flexibility index (Phi) is 21.5. The first-order valence-corrected chi connectivity index (χ1v) is 17.3. The summed E-state index contributed by atoms with van der Waals surface area (Å²) in [6.45, 7) is 37.9. The van der Waals surface area contributed by atoms with E-state index in [9.17, 15) is 0 Å². The topological polar surface area (TPSA) is 27.7 Å². The molecular weight excluding hydrogens is 493 g/mol. The van der Waals surface area contributed by atoms with Crippen molar-refractivity contribution in [2.24, 2.45) is 41.4 Å². The van der Waals surface area contributed by atoms with Crippen molar-refractivity contribution in [3.8, 4) is 0 Å². The van der Waals surface area contributed by atoms with Crippen molar-refractivity contribution in [1.29, 1.82) is 0 Å². The average molecular weight is 569 g/mol. The van der Waals surface area contributed by atoms with Crippen molar-refractivity contribution in [2.75, 3.05) is 32.8 Å². The summed E-state index contributed by atoms with van der Waals surface area (Å²) in [5, 5.41) is 0. The van der Waals surface area contributed by atoms with Crippen LogP contribution in [0.25, 0.3) is 0 Å². The van der Waals surface area contributed by atoms with E-state index in [0.717, 1.165) is 19.3 Å². The second-order valence-electron chi connectivity index (χ2n) is 15.8. The van der Waals surface area contributed by atoms with E-state index >= 15 is 0 Å². The Hall–Kier alpha value is -0.0951. The SMILES string of the molecule is CC(C)CCOB(OCCC(C)C)OC(CC(C)C)C(CC(C)C)[N+](CCC(C)C)(CCC(C)C)CCC(C)C. The van der Waals surface area contributed by atoms with E-state index in [2.05, 4.69) is 96.9 Å². The van der Waals surface area contributed by atoms with Crippen molar-refractivity contribution < 1.29 is 18.4 Å². The molecule has 2 unspecified atom stereocenters. The summed E-state index contributed by atoms with van der Waals surface area (Å²) < 4.78 is 20.9. The van der Waals surface area contributed by atoms with Crippen molar-refractivity contribution in [3.63, 3.8) is 0 Å². The minimum Gasteiger partial charge on any atom is -0.386 e. The van der Waals surface area contributed by atoms with Gasteiger partial charge in [0.25, 0.3) is 0 Å². The standard InChI is InChI=1S/C35H75BNO3/c1-27(2)15-20-37(21-16-28(3)4,22-17-29(5)6)34(25-32(11)12)35(26-33(13)14)40-36(38-23-18-30(7)8)39-24-19-31(9)10/h27-35H,15-26H2,1-14H3/q+1. The zero-order valence-electron chi connectivity index (χ0n) is 29.9. The maximum atomic E-state index is 7.05.